The quantitative estimate of drug-likeness (QED) is 0.409. The van der Waals surface area contributed by atoms with Crippen LogP contribution >= 0.6 is 69.7 Å². The van der Waals surface area contributed by atoms with Gasteiger partial charge in [-0.3, -0.25) is 4.55 Å². The van der Waals surface area contributed by atoms with Gasteiger partial charge in [-0.1, -0.05) is 23.2 Å². The highest BCUT2D eigenvalue weighted by Gasteiger charge is 2.45. The summed E-state index contributed by atoms with van der Waals surface area (Å²) in [6.07, 6.45) is 0. The zero-order valence-corrected chi connectivity index (χ0v) is 16.7. The summed E-state index contributed by atoms with van der Waals surface area (Å²) in [6.45, 7) is 1.51. The maximum absolute atomic E-state index is 11.4. The molecule has 0 aliphatic rings. The average Bonchev–Trinajstić information content (AvgIpc) is 2.90. The molecule has 0 saturated carbocycles. The van der Waals surface area contributed by atoms with E-state index in [-0.39, 0.29) is 0 Å². The topological polar surface area (TPSA) is 62.0 Å². The van der Waals surface area contributed by atoms with E-state index >= 15 is 0 Å². The molecule has 0 aromatic carbocycles. The molecule has 22 heavy (non-hydrogen) atoms. The van der Waals surface area contributed by atoms with Crippen LogP contribution < -0.4 is 0 Å². The molecule has 1 N–H and O–H groups in total. The fourth-order valence-electron chi connectivity index (χ4n) is 1.30. The second-order valence-corrected chi connectivity index (χ2v) is 10.3. The third kappa shape index (κ3) is 5.03. The highest BCUT2D eigenvalue weighted by molar-refractivity contribution is 8.05. The summed E-state index contributed by atoms with van der Waals surface area (Å²) in [5.74, 6) is 0. The summed E-state index contributed by atoms with van der Waals surface area (Å²) in [5.41, 5.74) is -0.802. The van der Waals surface area contributed by atoms with Crippen molar-refractivity contribution in [3.05, 3.63) is 26.6 Å². The molecule has 0 spiro atoms. The summed E-state index contributed by atoms with van der Waals surface area (Å²) < 4.78 is 35.1. The summed E-state index contributed by atoms with van der Waals surface area (Å²) in [4.78, 5) is -1.13. The van der Waals surface area contributed by atoms with Gasteiger partial charge < -0.3 is 0 Å². The molecule has 0 amide bonds. The Bertz CT molecular complexity index is 669. The van der Waals surface area contributed by atoms with Crippen LogP contribution in [0.1, 0.15) is 12.5 Å². The maximum atomic E-state index is 11.4. The van der Waals surface area contributed by atoms with Gasteiger partial charge in [-0.2, -0.15) is 24.1 Å². The minimum Gasteiger partial charge on any atom is -0.273 e. The van der Waals surface area contributed by atoms with Gasteiger partial charge >= 0.3 is 28.3 Å². The number of halogens is 4. The number of nitrogens with zero attached hydrogens (tertiary/aromatic N) is 2. The van der Waals surface area contributed by atoms with Crippen molar-refractivity contribution >= 4 is 80.0 Å². The highest BCUT2D eigenvalue weighted by Crippen LogP contribution is 2.43. The minimum absolute atomic E-state index is 0.560. The number of alkyl halides is 4. The molecule has 0 radical (unpaired) electrons. The van der Waals surface area contributed by atoms with Gasteiger partial charge in [0.15, 0.2) is 10.4 Å². The molecule has 0 aliphatic heterocycles. The SMILES string of the molecule is CN(C(C)(C#[N+]SC(Cl)(Cl)C(Cl)Cl)c1ccsc1)S(=O)(=O)O. The van der Waals surface area contributed by atoms with E-state index in [1.54, 1.807) is 16.8 Å². The summed E-state index contributed by atoms with van der Waals surface area (Å²) in [6, 6.07) is 4.29. The monoisotopic (exact) mass is 443 g/mol. The Labute approximate surface area is 157 Å². The molecule has 5 nitrogen and oxygen atoms in total. The van der Waals surface area contributed by atoms with Gasteiger partial charge in [-0.05, 0) is 23.8 Å². The van der Waals surface area contributed by atoms with Crippen molar-refractivity contribution < 1.29 is 13.0 Å². The first-order valence-corrected chi connectivity index (χ1v) is 10.2. The van der Waals surface area contributed by atoms with Crippen molar-refractivity contribution in [1.82, 2.24) is 4.31 Å². The minimum atomic E-state index is -4.48. The van der Waals surface area contributed by atoms with E-state index in [4.69, 9.17) is 46.4 Å². The first-order chi connectivity index (χ1) is 9.91. The summed E-state index contributed by atoms with van der Waals surface area (Å²) >= 11 is 24.9. The molecule has 0 aliphatic carbocycles. The van der Waals surface area contributed by atoms with E-state index in [2.05, 4.69) is 10.3 Å². The van der Waals surface area contributed by atoms with E-state index in [1.165, 1.54) is 25.3 Å². The maximum Gasteiger partial charge on any atom is 0.353 e. The normalized spacial score (nSPS) is 15.5. The van der Waals surface area contributed by atoms with Crippen LogP contribution in [-0.4, -0.2) is 32.8 Å². The smallest absolute Gasteiger partial charge is 0.273 e. The fraction of sp³-hybridized carbons (Fsp3) is 0.500. The molecule has 0 bridgehead atoms. The van der Waals surface area contributed by atoms with Crippen molar-refractivity contribution in [2.24, 2.45) is 0 Å². The van der Waals surface area contributed by atoms with Crippen molar-refractivity contribution in [2.45, 2.75) is 21.0 Å². The number of rotatable bonds is 5. The molecular formula is C10H11Cl4N2O3S3+. The van der Waals surface area contributed by atoms with Crippen molar-refractivity contribution in [3.63, 3.8) is 0 Å². The van der Waals surface area contributed by atoms with Crippen molar-refractivity contribution in [3.8, 4) is 6.07 Å². The first kappa shape index (κ1) is 20.6. The van der Waals surface area contributed by atoms with Crippen LogP contribution in [0.4, 0.5) is 0 Å². The number of thiophene rings is 1. The zero-order valence-electron chi connectivity index (χ0n) is 11.2. The van der Waals surface area contributed by atoms with Gasteiger partial charge in [0, 0.05) is 16.9 Å². The fourth-order valence-corrected chi connectivity index (χ4v) is 3.54. The molecule has 1 heterocycles. The standard InChI is InChI=1S/C10H10Cl4N2O3S3/c1-9(7-3-4-20-5-7,16(2)22(17,18)19)6-15-21-10(13,14)8(11)12/h3-5,8H,1-2H3/p+1. The van der Waals surface area contributed by atoms with Crippen molar-refractivity contribution in [2.75, 3.05) is 7.05 Å². The third-order valence-electron chi connectivity index (χ3n) is 2.74. The molecule has 1 unspecified atom stereocenters. The molecule has 124 valence electrons. The third-order valence-corrected chi connectivity index (χ3v) is 7.36. The molecule has 1 atom stereocenters. The van der Waals surface area contributed by atoms with E-state index < -0.39 is 24.3 Å². The number of hydrogen-bond acceptors (Lipinski definition) is 4. The second-order valence-electron chi connectivity index (χ2n) is 4.19. The molecule has 0 fully saturated rings. The lowest BCUT2D eigenvalue weighted by Gasteiger charge is -2.26. The Morgan fingerprint density at radius 2 is 2.09 bits per heavy atom. The molecule has 1 rings (SSSR count). The molecule has 1 aromatic rings. The van der Waals surface area contributed by atoms with Crippen LogP contribution in [0.5, 0.6) is 0 Å². The van der Waals surface area contributed by atoms with E-state index in [1.807, 2.05) is 0 Å². The van der Waals surface area contributed by atoms with Gasteiger partial charge in [-0.15, -0.1) is 23.2 Å². The lowest BCUT2D eigenvalue weighted by Crippen LogP contribution is -2.43. The average molecular weight is 445 g/mol. The number of hydrogen-bond donors (Lipinski definition) is 1. The molecule has 1 aromatic heterocycles. The Kier molecular flexibility index (Phi) is 7.16. The van der Waals surface area contributed by atoms with Gasteiger partial charge in [-0.25, -0.2) is 0 Å². The van der Waals surface area contributed by atoms with Crippen LogP contribution in [0.3, 0.4) is 0 Å². The zero-order chi connectivity index (χ0) is 17.2. The molecule has 12 heteroatoms. The first-order valence-electron chi connectivity index (χ1n) is 5.46. The molecule has 0 saturated heterocycles. The van der Waals surface area contributed by atoms with Crippen LogP contribution in [0.15, 0.2) is 16.8 Å². The van der Waals surface area contributed by atoms with Crippen LogP contribution in [0.2, 0.25) is 0 Å². The van der Waals surface area contributed by atoms with Gasteiger partial charge in [0.2, 0.25) is 0 Å². The van der Waals surface area contributed by atoms with Gasteiger partial charge in [0.25, 0.3) is 3.67 Å². The Hall–Kier alpha value is 0.570. The summed E-state index contributed by atoms with van der Waals surface area (Å²) in [7, 11) is -3.29. The van der Waals surface area contributed by atoms with Crippen LogP contribution in [-0.2, 0) is 15.8 Å². The summed E-state index contributed by atoms with van der Waals surface area (Å²) in [5, 5.41) is 3.45. The predicted molar refractivity (Wildman–Crippen MR) is 95.8 cm³/mol. The van der Waals surface area contributed by atoms with Crippen LogP contribution in [0, 0.1) is 6.07 Å². The van der Waals surface area contributed by atoms with E-state index in [0.717, 1.165) is 4.31 Å². The Morgan fingerprint density at radius 3 is 2.50 bits per heavy atom. The lowest BCUT2D eigenvalue weighted by molar-refractivity contribution is 0.286. The van der Waals surface area contributed by atoms with Gasteiger partial charge in [0.1, 0.15) is 0 Å². The van der Waals surface area contributed by atoms with Crippen LogP contribution in [0.25, 0.3) is 4.25 Å². The largest absolute Gasteiger partial charge is 0.353 e. The van der Waals surface area contributed by atoms with Crippen molar-refractivity contribution in [1.29, 1.82) is 0 Å². The van der Waals surface area contributed by atoms with E-state index in [9.17, 15) is 13.0 Å². The second kappa shape index (κ2) is 7.64. The lowest BCUT2D eigenvalue weighted by atomic mass is 9.97. The van der Waals surface area contributed by atoms with Gasteiger partial charge in [0.05, 0.1) is 0 Å². The predicted octanol–water partition coefficient (Wildman–Crippen LogP) is 4.61. The van der Waals surface area contributed by atoms with E-state index in [0.29, 0.717) is 17.5 Å². The Balaban J connectivity index is 3.21. The molecular weight excluding hydrogens is 434 g/mol. The highest BCUT2D eigenvalue weighted by atomic mass is 35.5. The Morgan fingerprint density at radius 1 is 1.50 bits per heavy atom.